The maximum Gasteiger partial charge on any atom is 0.241 e. The molecule has 0 bridgehead atoms. The fourth-order valence-electron chi connectivity index (χ4n) is 4.20. The Labute approximate surface area is 202 Å². The molecule has 0 amide bonds. The maximum absolute atomic E-state index is 10.5. The summed E-state index contributed by atoms with van der Waals surface area (Å²) < 4.78 is 12.4. The summed E-state index contributed by atoms with van der Waals surface area (Å²) in [5.41, 5.74) is 3.08. The van der Waals surface area contributed by atoms with Crippen molar-refractivity contribution >= 4 is 21.6 Å². The fourth-order valence-corrected chi connectivity index (χ4v) is 5.00. The summed E-state index contributed by atoms with van der Waals surface area (Å²) in [6.45, 7) is 9.05. The number of hydrogen-bond donors (Lipinski definition) is 1. The molecular weight excluding hydrogens is 450 g/mol. The highest BCUT2D eigenvalue weighted by Crippen LogP contribution is 2.25. The van der Waals surface area contributed by atoms with Crippen LogP contribution in [0, 0.1) is 13.8 Å². The van der Waals surface area contributed by atoms with Crippen LogP contribution in [0.4, 0.5) is 0 Å². The van der Waals surface area contributed by atoms with Crippen LogP contribution in [-0.2, 0) is 6.54 Å². The number of ether oxygens (including phenoxy) is 1. The fraction of sp³-hybridized carbons (Fsp3) is 0.400. The van der Waals surface area contributed by atoms with Crippen molar-refractivity contribution in [1.29, 1.82) is 0 Å². The third-order valence-electron chi connectivity index (χ3n) is 5.95. The summed E-state index contributed by atoms with van der Waals surface area (Å²) in [6.07, 6.45) is -0.549. The Morgan fingerprint density at radius 1 is 1.06 bits per heavy atom. The summed E-state index contributed by atoms with van der Waals surface area (Å²) in [7, 11) is 0. The van der Waals surface area contributed by atoms with E-state index < -0.39 is 6.10 Å². The van der Waals surface area contributed by atoms with Crippen LogP contribution < -0.4 is 4.74 Å². The summed E-state index contributed by atoms with van der Waals surface area (Å²) >= 11 is 1.67. The molecule has 1 aliphatic rings. The summed E-state index contributed by atoms with van der Waals surface area (Å²) in [6, 6.07) is 14.0. The van der Waals surface area contributed by atoms with E-state index >= 15 is 0 Å². The predicted octanol–water partition coefficient (Wildman–Crippen LogP) is 3.52. The predicted molar refractivity (Wildman–Crippen MR) is 132 cm³/mol. The number of piperazine rings is 1. The monoisotopic (exact) mass is 479 g/mol. The first-order valence-electron chi connectivity index (χ1n) is 11.5. The van der Waals surface area contributed by atoms with E-state index in [9.17, 15) is 5.11 Å². The van der Waals surface area contributed by atoms with Crippen LogP contribution in [-0.4, -0.2) is 75.5 Å². The highest BCUT2D eigenvalue weighted by molar-refractivity contribution is 7.18. The lowest BCUT2D eigenvalue weighted by atomic mass is 10.1. The third-order valence-corrected chi connectivity index (χ3v) is 6.90. The van der Waals surface area contributed by atoms with Crippen LogP contribution in [0.5, 0.6) is 5.75 Å². The minimum absolute atomic E-state index is 0.262. The number of fused-ring (bicyclic) bond motifs is 1. The Bertz CT molecular complexity index is 1250. The van der Waals surface area contributed by atoms with Gasteiger partial charge in [0.05, 0.1) is 21.8 Å². The van der Waals surface area contributed by atoms with Crippen LogP contribution in [0.3, 0.4) is 0 Å². The highest BCUT2D eigenvalue weighted by Gasteiger charge is 2.21. The number of aromatic nitrogens is 3. The molecule has 9 heteroatoms. The standard InChI is InChI=1S/C25H29N5O3S/c1-17-4-3-5-19(12-17)25-27-24(33-28-25)15-30-10-8-29(9-11-30)14-20(31)16-32-21-6-7-23-22(13-21)26-18(2)34-23/h3-7,12-13,20,31H,8-11,14-16H2,1-2H3/t20-/m1/s1. The second-order valence-corrected chi connectivity index (χ2v) is 10.0. The van der Waals surface area contributed by atoms with Crippen LogP contribution >= 0.6 is 11.3 Å². The van der Waals surface area contributed by atoms with Crippen molar-refractivity contribution in [1.82, 2.24) is 24.9 Å². The van der Waals surface area contributed by atoms with Crippen LogP contribution in [0.15, 0.2) is 47.0 Å². The van der Waals surface area contributed by atoms with Gasteiger partial charge in [-0.1, -0.05) is 28.9 Å². The largest absolute Gasteiger partial charge is 0.491 e. The minimum atomic E-state index is -0.549. The quantitative estimate of drug-likeness (QED) is 0.411. The van der Waals surface area contributed by atoms with E-state index in [4.69, 9.17) is 9.26 Å². The first-order chi connectivity index (χ1) is 16.5. The van der Waals surface area contributed by atoms with Crippen molar-refractivity contribution < 1.29 is 14.4 Å². The number of aliphatic hydroxyl groups is 1. The van der Waals surface area contributed by atoms with Gasteiger partial charge in [0.15, 0.2) is 0 Å². The van der Waals surface area contributed by atoms with Crippen LogP contribution in [0.1, 0.15) is 16.5 Å². The second kappa shape index (κ2) is 10.2. The van der Waals surface area contributed by atoms with Gasteiger partial charge in [-0.25, -0.2) is 4.98 Å². The molecule has 1 saturated heterocycles. The SMILES string of the molecule is Cc1cccc(-c2noc(CN3CCN(C[C@@H](O)COc4ccc5sc(C)nc5c4)CC3)n2)c1. The van der Waals surface area contributed by atoms with Crippen molar-refractivity contribution in [2.75, 3.05) is 39.3 Å². The molecule has 1 N–H and O–H groups in total. The van der Waals surface area contributed by atoms with Crippen molar-refractivity contribution in [2.45, 2.75) is 26.5 Å². The number of benzene rings is 2. The molecule has 3 heterocycles. The molecule has 0 radical (unpaired) electrons. The van der Waals surface area contributed by atoms with Gasteiger partial charge in [-0.2, -0.15) is 4.98 Å². The third kappa shape index (κ3) is 5.61. The molecule has 5 rings (SSSR count). The number of nitrogens with zero attached hydrogens (tertiary/aromatic N) is 5. The van der Waals surface area contributed by atoms with Gasteiger partial charge in [0, 0.05) is 44.4 Å². The molecule has 0 saturated carbocycles. The Morgan fingerprint density at radius 3 is 2.71 bits per heavy atom. The molecule has 0 aliphatic carbocycles. The number of hydrogen-bond acceptors (Lipinski definition) is 9. The number of rotatable bonds is 8. The molecule has 0 unspecified atom stereocenters. The molecule has 1 atom stereocenters. The van der Waals surface area contributed by atoms with E-state index in [0.29, 0.717) is 24.8 Å². The lowest BCUT2D eigenvalue weighted by Crippen LogP contribution is -2.48. The summed E-state index contributed by atoms with van der Waals surface area (Å²) in [4.78, 5) is 13.6. The van der Waals surface area contributed by atoms with Crippen molar-refractivity contribution in [2.24, 2.45) is 0 Å². The smallest absolute Gasteiger partial charge is 0.241 e. The van der Waals surface area contributed by atoms with E-state index in [0.717, 1.165) is 52.7 Å². The van der Waals surface area contributed by atoms with Gasteiger partial charge >= 0.3 is 0 Å². The molecule has 178 valence electrons. The van der Waals surface area contributed by atoms with E-state index in [1.807, 2.05) is 37.3 Å². The maximum atomic E-state index is 10.5. The molecular formula is C25H29N5O3S. The molecule has 2 aromatic heterocycles. The van der Waals surface area contributed by atoms with Gasteiger partial charge < -0.3 is 14.4 Å². The average Bonchev–Trinajstić information content (AvgIpc) is 3.44. The Hall–Kier alpha value is -2.85. The lowest BCUT2D eigenvalue weighted by molar-refractivity contribution is 0.0426. The molecule has 34 heavy (non-hydrogen) atoms. The minimum Gasteiger partial charge on any atom is -0.491 e. The van der Waals surface area contributed by atoms with Gasteiger partial charge in [0.25, 0.3) is 0 Å². The van der Waals surface area contributed by atoms with Crippen LogP contribution in [0.2, 0.25) is 0 Å². The number of thiazole rings is 1. The molecule has 8 nitrogen and oxygen atoms in total. The van der Waals surface area contributed by atoms with Crippen molar-refractivity contribution in [3.63, 3.8) is 0 Å². The zero-order valence-corrected chi connectivity index (χ0v) is 20.3. The molecule has 0 spiro atoms. The molecule has 4 aromatic rings. The summed E-state index contributed by atoms with van der Waals surface area (Å²) in [5, 5.41) is 15.7. The molecule has 2 aromatic carbocycles. The Kier molecular flexibility index (Phi) is 6.87. The first kappa shape index (κ1) is 22.9. The van der Waals surface area contributed by atoms with Gasteiger partial charge in [-0.3, -0.25) is 9.80 Å². The first-order valence-corrected chi connectivity index (χ1v) is 12.4. The van der Waals surface area contributed by atoms with E-state index in [-0.39, 0.29) is 6.61 Å². The van der Waals surface area contributed by atoms with Crippen LogP contribution in [0.25, 0.3) is 21.6 Å². The zero-order valence-electron chi connectivity index (χ0n) is 19.5. The lowest BCUT2D eigenvalue weighted by Gasteiger charge is -2.34. The number of aryl methyl sites for hydroxylation is 2. The van der Waals surface area contributed by atoms with Gasteiger partial charge in [-0.05, 0) is 32.0 Å². The topological polar surface area (TPSA) is 87.8 Å². The summed E-state index contributed by atoms with van der Waals surface area (Å²) in [5.74, 6) is 2.00. The normalized spacial score (nSPS) is 16.2. The van der Waals surface area contributed by atoms with Crippen molar-refractivity contribution in [3.8, 4) is 17.1 Å². The Balaban J connectivity index is 1.06. The van der Waals surface area contributed by atoms with E-state index in [1.54, 1.807) is 11.3 Å². The molecule has 1 fully saturated rings. The number of β-amino-alcohol motifs (C(OH)–C–C–N with tert-alkyl or cyclic N) is 1. The average molecular weight is 480 g/mol. The van der Waals surface area contributed by atoms with Crippen molar-refractivity contribution in [3.05, 3.63) is 58.9 Å². The molecule has 1 aliphatic heterocycles. The zero-order chi connectivity index (χ0) is 23.5. The number of aliphatic hydroxyl groups excluding tert-OH is 1. The second-order valence-electron chi connectivity index (χ2n) is 8.79. The van der Waals surface area contributed by atoms with Gasteiger partial charge in [0.1, 0.15) is 18.5 Å². The van der Waals surface area contributed by atoms with Gasteiger partial charge in [-0.15, -0.1) is 11.3 Å². The highest BCUT2D eigenvalue weighted by atomic mass is 32.1. The van der Waals surface area contributed by atoms with Gasteiger partial charge in [0.2, 0.25) is 11.7 Å². The Morgan fingerprint density at radius 2 is 1.88 bits per heavy atom. The van der Waals surface area contributed by atoms with E-state index in [1.165, 1.54) is 5.56 Å². The van der Waals surface area contributed by atoms with E-state index in [2.05, 4.69) is 44.0 Å².